The van der Waals surface area contributed by atoms with E-state index in [9.17, 15) is 0 Å². The third-order valence-electron chi connectivity index (χ3n) is 0.598. The standard InChI is InChI=1S/C5H13OP/c1-3-5-7-6-4-2/h7H,3-5H2,1-2H3. The van der Waals surface area contributed by atoms with Crippen LogP contribution in [0, 0.1) is 0 Å². The van der Waals surface area contributed by atoms with Crippen molar-refractivity contribution in [2.24, 2.45) is 0 Å². The summed E-state index contributed by atoms with van der Waals surface area (Å²) in [5, 5.41) is 0. The molecule has 0 rings (SSSR count). The lowest BCUT2D eigenvalue weighted by Crippen LogP contribution is -1.75. The SMILES string of the molecule is CCCPOCC. The van der Waals surface area contributed by atoms with Crippen LogP contribution in [-0.2, 0) is 4.52 Å². The smallest absolute Gasteiger partial charge is 0.0477 e. The molecule has 0 spiro atoms. The van der Waals surface area contributed by atoms with Gasteiger partial charge >= 0.3 is 0 Å². The molecule has 0 saturated carbocycles. The van der Waals surface area contributed by atoms with Crippen molar-refractivity contribution in [2.75, 3.05) is 12.8 Å². The summed E-state index contributed by atoms with van der Waals surface area (Å²) >= 11 is 0. The third-order valence-corrected chi connectivity index (χ3v) is 1.80. The zero-order valence-corrected chi connectivity index (χ0v) is 6.03. The van der Waals surface area contributed by atoms with E-state index in [0.29, 0.717) is 0 Å². The van der Waals surface area contributed by atoms with Gasteiger partial charge in [-0.05, 0) is 13.1 Å². The zero-order valence-electron chi connectivity index (χ0n) is 5.03. The zero-order chi connectivity index (χ0) is 5.54. The molecule has 0 aromatic carbocycles. The first-order valence-corrected chi connectivity index (χ1v) is 3.88. The van der Waals surface area contributed by atoms with E-state index < -0.39 is 0 Å². The Morgan fingerprint density at radius 3 is 2.57 bits per heavy atom. The Hall–Kier alpha value is 0.390. The van der Waals surface area contributed by atoms with Gasteiger partial charge in [0, 0.05) is 15.4 Å². The van der Waals surface area contributed by atoms with Crippen molar-refractivity contribution in [3.63, 3.8) is 0 Å². The summed E-state index contributed by atoms with van der Waals surface area (Å²) in [6.45, 7) is 5.08. The molecule has 0 bridgehead atoms. The molecule has 0 aliphatic heterocycles. The van der Waals surface area contributed by atoms with Crippen molar-refractivity contribution in [1.29, 1.82) is 0 Å². The molecule has 7 heavy (non-hydrogen) atoms. The van der Waals surface area contributed by atoms with E-state index in [1.807, 2.05) is 6.92 Å². The minimum absolute atomic E-state index is 0.732. The van der Waals surface area contributed by atoms with Crippen molar-refractivity contribution in [2.45, 2.75) is 20.3 Å². The maximum Gasteiger partial charge on any atom is 0.0477 e. The predicted octanol–water partition coefficient (Wildman–Crippen LogP) is 2.03. The Morgan fingerprint density at radius 2 is 2.14 bits per heavy atom. The van der Waals surface area contributed by atoms with Crippen LogP contribution in [-0.4, -0.2) is 12.8 Å². The molecule has 0 heterocycles. The Morgan fingerprint density at radius 1 is 1.43 bits per heavy atom. The van der Waals surface area contributed by atoms with Crippen molar-refractivity contribution in [3.8, 4) is 0 Å². The van der Waals surface area contributed by atoms with Gasteiger partial charge in [0.05, 0.1) is 0 Å². The van der Waals surface area contributed by atoms with E-state index in [4.69, 9.17) is 4.52 Å². The first-order chi connectivity index (χ1) is 3.41. The highest BCUT2D eigenvalue weighted by Crippen LogP contribution is 2.10. The molecule has 0 aliphatic carbocycles. The summed E-state index contributed by atoms with van der Waals surface area (Å²) in [7, 11) is 0.732. The largest absolute Gasteiger partial charge is 0.363 e. The number of hydrogen-bond donors (Lipinski definition) is 0. The molecule has 2 heteroatoms. The van der Waals surface area contributed by atoms with Crippen molar-refractivity contribution >= 4 is 8.81 Å². The molecule has 0 fully saturated rings. The van der Waals surface area contributed by atoms with Gasteiger partial charge in [0.15, 0.2) is 0 Å². The van der Waals surface area contributed by atoms with E-state index in [2.05, 4.69) is 6.92 Å². The molecule has 1 atom stereocenters. The van der Waals surface area contributed by atoms with Crippen LogP contribution in [0.25, 0.3) is 0 Å². The monoisotopic (exact) mass is 120 g/mol. The lowest BCUT2D eigenvalue weighted by atomic mass is 10.6. The molecule has 0 saturated heterocycles. The summed E-state index contributed by atoms with van der Waals surface area (Å²) < 4.78 is 5.10. The van der Waals surface area contributed by atoms with Crippen LogP contribution < -0.4 is 0 Å². The number of hydrogen-bond acceptors (Lipinski definition) is 1. The fraction of sp³-hybridized carbons (Fsp3) is 1.00. The van der Waals surface area contributed by atoms with Crippen LogP contribution in [0.2, 0.25) is 0 Å². The second-order valence-corrected chi connectivity index (χ2v) is 2.40. The quantitative estimate of drug-likeness (QED) is 0.407. The van der Waals surface area contributed by atoms with Crippen LogP contribution in [0.3, 0.4) is 0 Å². The molecule has 0 N–H and O–H groups in total. The van der Waals surface area contributed by atoms with Gasteiger partial charge < -0.3 is 4.52 Å². The minimum atomic E-state index is 0.732. The second kappa shape index (κ2) is 6.39. The fourth-order valence-electron chi connectivity index (χ4n) is 0.276. The van der Waals surface area contributed by atoms with Gasteiger partial charge in [0.25, 0.3) is 0 Å². The molecule has 44 valence electrons. The Kier molecular flexibility index (Phi) is 6.75. The van der Waals surface area contributed by atoms with Gasteiger partial charge in [-0.1, -0.05) is 13.3 Å². The average molecular weight is 120 g/mol. The predicted molar refractivity (Wildman–Crippen MR) is 35.1 cm³/mol. The fourth-order valence-corrected chi connectivity index (χ4v) is 0.829. The number of rotatable bonds is 4. The maximum atomic E-state index is 5.10. The normalized spacial score (nSPS) is 11.1. The lowest BCUT2D eigenvalue weighted by Gasteiger charge is -1.94. The lowest BCUT2D eigenvalue weighted by molar-refractivity contribution is 0.389. The highest BCUT2D eigenvalue weighted by atomic mass is 31.1. The van der Waals surface area contributed by atoms with Crippen LogP contribution in [0.15, 0.2) is 0 Å². The van der Waals surface area contributed by atoms with Gasteiger partial charge in [0.2, 0.25) is 0 Å². The van der Waals surface area contributed by atoms with Crippen LogP contribution >= 0.6 is 8.81 Å². The van der Waals surface area contributed by atoms with Gasteiger partial charge in [-0.3, -0.25) is 0 Å². The second-order valence-electron chi connectivity index (χ2n) is 1.33. The Balaban J connectivity index is 2.45. The van der Waals surface area contributed by atoms with E-state index in [-0.39, 0.29) is 0 Å². The molecule has 1 unspecified atom stereocenters. The molecule has 0 aromatic heterocycles. The van der Waals surface area contributed by atoms with Gasteiger partial charge in [-0.15, -0.1) is 0 Å². The average Bonchev–Trinajstić information content (AvgIpc) is 1.69. The molecule has 0 amide bonds. The Bertz CT molecular complexity index is 27.3. The molecule has 0 aliphatic rings. The first kappa shape index (κ1) is 7.39. The van der Waals surface area contributed by atoms with Gasteiger partial charge in [0.1, 0.15) is 0 Å². The summed E-state index contributed by atoms with van der Waals surface area (Å²) in [6, 6.07) is 0. The summed E-state index contributed by atoms with van der Waals surface area (Å²) in [5.74, 6) is 0. The van der Waals surface area contributed by atoms with Crippen molar-refractivity contribution in [1.82, 2.24) is 0 Å². The highest BCUT2D eigenvalue weighted by Gasteiger charge is 1.78. The minimum Gasteiger partial charge on any atom is -0.363 e. The first-order valence-electron chi connectivity index (χ1n) is 2.76. The van der Waals surface area contributed by atoms with Gasteiger partial charge in [-0.25, -0.2) is 0 Å². The Labute approximate surface area is 47.3 Å². The molecule has 1 nitrogen and oxygen atoms in total. The van der Waals surface area contributed by atoms with Crippen LogP contribution in [0.1, 0.15) is 20.3 Å². The topological polar surface area (TPSA) is 9.23 Å². The summed E-state index contributed by atoms with van der Waals surface area (Å²) in [5.41, 5.74) is 0. The van der Waals surface area contributed by atoms with Crippen LogP contribution in [0.5, 0.6) is 0 Å². The van der Waals surface area contributed by atoms with Gasteiger partial charge in [-0.2, -0.15) is 0 Å². The molecular formula is C5H13OP. The highest BCUT2D eigenvalue weighted by molar-refractivity contribution is 7.32. The van der Waals surface area contributed by atoms with E-state index in [0.717, 1.165) is 15.4 Å². The molecule has 0 radical (unpaired) electrons. The van der Waals surface area contributed by atoms with E-state index >= 15 is 0 Å². The summed E-state index contributed by atoms with van der Waals surface area (Å²) in [4.78, 5) is 0. The van der Waals surface area contributed by atoms with Crippen molar-refractivity contribution < 1.29 is 4.52 Å². The van der Waals surface area contributed by atoms with E-state index in [1.54, 1.807) is 0 Å². The third kappa shape index (κ3) is 6.39. The van der Waals surface area contributed by atoms with E-state index in [1.165, 1.54) is 12.6 Å². The molecular weight excluding hydrogens is 107 g/mol. The van der Waals surface area contributed by atoms with Crippen LogP contribution in [0.4, 0.5) is 0 Å². The molecule has 0 aromatic rings. The summed E-state index contributed by atoms with van der Waals surface area (Å²) in [6.07, 6.45) is 2.48. The maximum absolute atomic E-state index is 5.10. The van der Waals surface area contributed by atoms with Crippen molar-refractivity contribution in [3.05, 3.63) is 0 Å².